The molecule has 0 fully saturated rings. The first kappa shape index (κ1) is 13.0. The number of nitrogens with one attached hydrogen (secondary N) is 1. The number of rotatable bonds is 3. The molecule has 1 aromatic carbocycles. The topological polar surface area (TPSA) is 46.4 Å². The van der Waals surface area contributed by atoms with E-state index in [2.05, 4.69) is 10.4 Å². The fourth-order valence-electron chi connectivity index (χ4n) is 2.48. The second-order valence-electron chi connectivity index (χ2n) is 5.03. The van der Waals surface area contributed by atoms with Gasteiger partial charge in [-0.15, -0.1) is 11.3 Å². The molecule has 5 heteroatoms. The summed E-state index contributed by atoms with van der Waals surface area (Å²) in [5.74, 6) is -0.0449. The number of pyridine rings is 1. The minimum atomic E-state index is -0.0449. The first-order valence-corrected chi connectivity index (χ1v) is 7.81. The van der Waals surface area contributed by atoms with Gasteiger partial charge in [-0.2, -0.15) is 5.10 Å². The van der Waals surface area contributed by atoms with Crippen molar-refractivity contribution in [3.05, 3.63) is 71.4 Å². The van der Waals surface area contributed by atoms with Crippen molar-refractivity contribution in [1.29, 1.82) is 0 Å². The van der Waals surface area contributed by atoms with Crippen LogP contribution in [0.2, 0.25) is 0 Å². The normalized spacial score (nSPS) is 11.1. The van der Waals surface area contributed by atoms with Gasteiger partial charge in [0.1, 0.15) is 0 Å². The molecule has 0 saturated heterocycles. The molecule has 4 nitrogen and oxygen atoms in total. The Kier molecular flexibility index (Phi) is 3.12. The van der Waals surface area contributed by atoms with Crippen molar-refractivity contribution in [3.8, 4) is 0 Å². The third-order valence-corrected chi connectivity index (χ3v) is 4.71. The first-order chi connectivity index (χ1) is 10.8. The van der Waals surface area contributed by atoms with E-state index < -0.39 is 0 Å². The molecule has 22 heavy (non-hydrogen) atoms. The number of hydrogen-bond acceptors (Lipinski definition) is 3. The molecule has 4 rings (SSSR count). The van der Waals surface area contributed by atoms with E-state index in [4.69, 9.17) is 0 Å². The molecule has 0 spiro atoms. The molecule has 0 saturated carbocycles. The van der Waals surface area contributed by atoms with Crippen molar-refractivity contribution in [1.82, 2.24) is 14.9 Å². The SMILES string of the molecule is O=C(NCc1cnn2ccccc12)c1cc2ccccc2s1. The maximum atomic E-state index is 12.3. The molecule has 1 amide bonds. The van der Waals surface area contributed by atoms with Gasteiger partial charge in [0.25, 0.3) is 5.91 Å². The van der Waals surface area contributed by atoms with Crippen LogP contribution in [0.25, 0.3) is 15.6 Å². The number of aromatic nitrogens is 2. The fraction of sp³-hybridized carbons (Fsp3) is 0.0588. The Bertz CT molecular complexity index is 937. The van der Waals surface area contributed by atoms with Crippen molar-refractivity contribution in [2.75, 3.05) is 0 Å². The molecule has 4 aromatic rings. The monoisotopic (exact) mass is 307 g/mol. The van der Waals surface area contributed by atoms with Gasteiger partial charge in [0.2, 0.25) is 0 Å². The maximum Gasteiger partial charge on any atom is 0.261 e. The maximum absolute atomic E-state index is 12.3. The summed E-state index contributed by atoms with van der Waals surface area (Å²) in [5, 5.41) is 8.35. The van der Waals surface area contributed by atoms with E-state index in [1.807, 2.05) is 54.7 Å². The van der Waals surface area contributed by atoms with Crippen LogP contribution in [0.15, 0.2) is 60.9 Å². The smallest absolute Gasteiger partial charge is 0.261 e. The lowest BCUT2D eigenvalue weighted by atomic mass is 10.2. The minimum Gasteiger partial charge on any atom is -0.347 e. The predicted octanol–water partition coefficient (Wildman–Crippen LogP) is 3.48. The van der Waals surface area contributed by atoms with Gasteiger partial charge in [0, 0.05) is 23.0 Å². The highest BCUT2D eigenvalue weighted by molar-refractivity contribution is 7.20. The first-order valence-electron chi connectivity index (χ1n) is 6.99. The summed E-state index contributed by atoms with van der Waals surface area (Å²) < 4.78 is 2.93. The van der Waals surface area contributed by atoms with Crippen molar-refractivity contribution in [3.63, 3.8) is 0 Å². The van der Waals surface area contributed by atoms with Crippen LogP contribution in [0.3, 0.4) is 0 Å². The van der Waals surface area contributed by atoms with Crippen LogP contribution in [-0.4, -0.2) is 15.5 Å². The Hall–Kier alpha value is -2.66. The highest BCUT2D eigenvalue weighted by Crippen LogP contribution is 2.25. The Labute approximate surface area is 131 Å². The largest absolute Gasteiger partial charge is 0.347 e. The molecule has 0 aliphatic heterocycles. The van der Waals surface area contributed by atoms with E-state index in [9.17, 15) is 4.79 Å². The highest BCUT2D eigenvalue weighted by Gasteiger charge is 2.11. The van der Waals surface area contributed by atoms with Crippen LogP contribution in [-0.2, 0) is 6.54 Å². The summed E-state index contributed by atoms with van der Waals surface area (Å²) in [5.41, 5.74) is 2.02. The average Bonchev–Trinajstić information content (AvgIpc) is 3.16. The number of fused-ring (bicyclic) bond motifs is 2. The third kappa shape index (κ3) is 2.25. The van der Waals surface area contributed by atoms with Crippen molar-refractivity contribution < 1.29 is 4.79 Å². The number of amides is 1. The Morgan fingerprint density at radius 1 is 1.18 bits per heavy atom. The van der Waals surface area contributed by atoms with Gasteiger partial charge in [-0.05, 0) is 29.7 Å². The zero-order chi connectivity index (χ0) is 14.9. The van der Waals surface area contributed by atoms with Gasteiger partial charge in [-0.1, -0.05) is 24.3 Å². The van der Waals surface area contributed by atoms with Gasteiger partial charge < -0.3 is 5.32 Å². The molecule has 108 valence electrons. The summed E-state index contributed by atoms with van der Waals surface area (Å²) in [6.45, 7) is 0.473. The van der Waals surface area contributed by atoms with E-state index >= 15 is 0 Å². The van der Waals surface area contributed by atoms with Crippen LogP contribution in [0, 0.1) is 0 Å². The predicted molar refractivity (Wildman–Crippen MR) is 88.2 cm³/mol. The van der Waals surface area contributed by atoms with E-state index in [1.165, 1.54) is 11.3 Å². The number of carbonyl (C=O) groups is 1. The fourth-order valence-corrected chi connectivity index (χ4v) is 3.46. The Morgan fingerprint density at radius 3 is 2.95 bits per heavy atom. The molecule has 0 radical (unpaired) electrons. The summed E-state index contributed by atoms with van der Waals surface area (Å²) >= 11 is 1.51. The quantitative estimate of drug-likeness (QED) is 0.630. The molecule has 3 heterocycles. The zero-order valence-electron chi connectivity index (χ0n) is 11.7. The van der Waals surface area contributed by atoms with Gasteiger partial charge >= 0.3 is 0 Å². The molecule has 3 aromatic heterocycles. The van der Waals surface area contributed by atoms with E-state index in [-0.39, 0.29) is 5.91 Å². The van der Waals surface area contributed by atoms with Crippen LogP contribution < -0.4 is 5.32 Å². The Morgan fingerprint density at radius 2 is 2.05 bits per heavy atom. The lowest BCUT2D eigenvalue weighted by Crippen LogP contribution is -2.21. The number of benzene rings is 1. The van der Waals surface area contributed by atoms with Crippen molar-refractivity contribution >= 4 is 32.8 Å². The van der Waals surface area contributed by atoms with E-state index in [1.54, 1.807) is 10.7 Å². The number of nitrogens with zero attached hydrogens (tertiary/aromatic N) is 2. The second kappa shape index (κ2) is 5.27. The van der Waals surface area contributed by atoms with E-state index in [0.29, 0.717) is 6.54 Å². The standard InChI is InChI=1S/C17H13N3OS/c21-17(16-9-12-5-1-2-7-15(12)22-16)18-10-13-11-19-20-8-4-3-6-14(13)20/h1-9,11H,10H2,(H,18,21). The second-order valence-corrected chi connectivity index (χ2v) is 6.12. The third-order valence-electron chi connectivity index (χ3n) is 3.59. The summed E-state index contributed by atoms with van der Waals surface area (Å²) in [7, 11) is 0. The molecule has 0 aliphatic carbocycles. The van der Waals surface area contributed by atoms with Gasteiger partial charge in [0.15, 0.2) is 0 Å². The van der Waals surface area contributed by atoms with Crippen LogP contribution in [0.4, 0.5) is 0 Å². The lowest BCUT2D eigenvalue weighted by Gasteiger charge is -2.02. The molecule has 0 atom stereocenters. The molecular formula is C17H13N3OS. The molecule has 0 aliphatic rings. The van der Waals surface area contributed by atoms with Crippen molar-refractivity contribution in [2.24, 2.45) is 0 Å². The highest BCUT2D eigenvalue weighted by atomic mass is 32.1. The number of thiophene rings is 1. The summed E-state index contributed by atoms with van der Waals surface area (Å²) in [6, 6.07) is 15.8. The molecule has 1 N–H and O–H groups in total. The summed E-state index contributed by atoms with van der Waals surface area (Å²) in [6.07, 6.45) is 3.69. The number of hydrogen-bond donors (Lipinski definition) is 1. The van der Waals surface area contributed by atoms with Gasteiger partial charge in [-0.3, -0.25) is 4.79 Å². The average molecular weight is 307 g/mol. The van der Waals surface area contributed by atoms with Crippen LogP contribution >= 0.6 is 11.3 Å². The van der Waals surface area contributed by atoms with Crippen LogP contribution in [0.1, 0.15) is 15.2 Å². The molecule has 0 bridgehead atoms. The van der Waals surface area contributed by atoms with Crippen molar-refractivity contribution in [2.45, 2.75) is 6.54 Å². The van der Waals surface area contributed by atoms with Gasteiger partial charge in [0.05, 0.1) is 16.6 Å². The number of carbonyl (C=O) groups excluding carboxylic acids is 1. The minimum absolute atomic E-state index is 0.0449. The summed E-state index contributed by atoms with van der Waals surface area (Å²) in [4.78, 5) is 13.1. The van der Waals surface area contributed by atoms with E-state index in [0.717, 1.165) is 26.0 Å². The lowest BCUT2D eigenvalue weighted by molar-refractivity contribution is 0.0955. The van der Waals surface area contributed by atoms with Gasteiger partial charge in [-0.25, -0.2) is 4.52 Å². The molecular weight excluding hydrogens is 294 g/mol. The zero-order valence-corrected chi connectivity index (χ0v) is 12.5. The van der Waals surface area contributed by atoms with Crippen LogP contribution in [0.5, 0.6) is 0 Å². The molecule has 0 unspecified atom stereocenters. The Balaban J connectivity index is 1.54.